The molecule has 1 saturated heterocycles. The molecule has 0 atom stereocenters. The van der Waals surface area contributed by atoms with Crippen molar-refractivity contribution < 1.29 is 4.79 Å². The smallest absolute Gasteiger partial charge is 0.255 e. The van der Waals surface area contributed by atoms with Crippen LogP contribution >= 0.6 is 11.6 Å². The minimum absolute atomic E-state index is 0.130. The third-order valence-corrected chi connectivity index (χ3v) is 4.89. The van der Waals surface area contributed by atoms with Crippen LogP contribution in [-0.2, 0) is 0 Å². The van der Waals surface area contributed by atoms with Gasteiger partial charge in [0, 0.05) is 54.2 Å². The van der Waals surface area contributed by atoms with Crippen LogP contribution in [0.5, 0.6) is 0 Å². The minimum atomic E-state index is -0.130. The number of piperazine rings is 1. The largest absolute Gasteiger partial charge is 0.369 e. The summed E-state index contributed by atoms with van der Waals surface area (Å²) in [6, 6.07) is 15.5. The molecule has 1 amide bonds. The Morgan fingerprint density at radius 1 is 0.960 bits per heavy atom. The molecule has 1 N–H and O–H groups in total. The van der Waals surface area contributed by atoms with E-state index in [2.05, 4.69) is 41.1 Å². The number of carbonyl (C=O) groups is 1. The summed E-state index contributed by atoms with van der Waals surface area (Å²) in [5, 5.41) is 3.54. The number of anilines is 2. The lowest BCUT2D eigenvalue weighted by Crippen LogP contribution is -2.48. The first kappa shape index (κ1) is 17.8. The number of halogens is 1. The van der Waals surface area contributed by atoms with Gasteiger partial charge in [0.1, 0.15) is 0 Å². The lowest BCUT2D eigenvalue weighted by Gasteiger charge is -2.38. The molecule has 0 saturated carbocycles. The van der Waals surface area contributed by atoms with Crippen LogP contribution in [0.1, 0.15) is 24.2 Å². The van der Waals surface area contributed by atoms with Crippen molar-refractivity contribution in [2.45, 2.75) is 19.9 Å². The van der Waals surface area contributed by atoms with E-state index >= 15 is 0 Å². The zero-order valence-electron chi connectivity index (χ0n) is 14.7. The molecule has 4 nitrogen and oxygen atoms in total. The second-order valence-electron chi connectivity index (χ2n) is 6.62. The molecule has 0 radical (unpaired) electrons. The van der Waals surface area contributed by atoms with Gasteiger partial charge >= 0.3 is 0 Å². The highest BCUT2D eigenvalue weighted by atomic mass is 35.5. The Kier molecular flexibility index (Phi) is 5.61. The summed E-state index contributed by atoms with van der Waals surface area (Å²) in [6.07, 6.45) is 0. The van der Waals surface area contributed by atoms with Crippen LogP contribution in [-0.4, -0.2) is 43.0 Å². The molecule has 0 aromatic heterocycles. The fourth-order valence-corrected chi connectivity index (χ4v) is 3.18. The summed E-state index contributed by atoms with van der Waals surface area (Å²) in [7, 11) is 0. The lowest BCUT2D eigenvalue weighted by atomic mass is 10.2. The number of hydrogen-bond acceptors (Lipinski definition) is 3. The number of rotatable bonds is 4. The van der Waals surface area contributed by atoms with Gasteiger partial charge in [0.25, 0.3) is 5.91 Å². The van der Waals surface area contributed by atoms with Crippen LogP contribution in [0, 0.1) is 0 Å². The van der Waals surface area contributed by atoms with Gasteiger partial charge in [-0.3, -0.25) is 9.69 Å². The summed E-state index contributed by atoms with van der Waals surface area (Å²) in [5.41, 5.74) is 2.59. The van der Waals surface area contributed by atoms with E-state index in [0.29, 0.717) is 16.6 Å². The predicted octanol–water partition coefficient (Wildman–Crippen LogP) is 4.12. The van der Waals surface area contributed by atoms with Crippen molar-refractivity contribution in [1.29, 1.82) is 0 Å². The van der Waals surface area contributed by atoms with Crippen molar-refractivity contribution in [1.82, 2.24) is 4.90 Å². The standard InChI is InChI=1S/C20H24ClN3O/c1-15(2)23-11-13-24(14-12-23)19-9-7-18(8-10-19)22-20(25)16-3-5-17(21)6-4-16/h3-10,15H,11-14H2,1-2H3,(H,22,25). The molecule has 0 unspecified atom stereocenters. The van der Waals surface area contributed by atoms with Gasteiger partial charge in [0.15, 0.2) is 0 Å². The summed E-state index contributed by atoms with van der Waals surface area (Å²) in [5.74, 6) is -0.130. The summed E-state index contributed by atoms with van der Waals surface area (Å²) in [6.45, 7) is 8.74. The van der Waals surface area contributed by atoms with Gasteiger partial charge in [0.2, 0.25) is 0 Å². The zero-order valence-corrected chi connectivity index (χ0v) is 15.5. The number of nitrogens with one attached hydrogen (secondary N) is 1. The van der Waals surface area contributed by atoms with Gasteiger partial charge < -0.3 is 10.2 Å². The van der Waals surface area contributed by atoms with Crippen LogP contribution < -0.4 is 10.2 Å². The third kappa shape index (κ3) is 4.53. The van der Waals surface area contributed by atoms with Crippen molar-refractivity contribution in [3.8, 4) is 0 Å². The highest BCUT2D eigenvalue weighted by molar-refractivity contribution is 6.30. The van der Waals surface area contributed by atoms with E-state index in [-0.39, 0.29) is 5.91 Å². The van der Waals surface area contributed by atoms with Gasteiger partial charge in [-0.05, 0) is 62.4 Å². The van der Waals surface area contributed by atoms with Crippen molar-refractivity contribution in [2.24, 2.45) is 0 Å². The predicted molar refractivity (Wildman–Crippen MR) is 105 cm³/mol. The van der Waals surface area contributed by atoms with Gasteiger partial charge in [-0.1, -0.05) is 11.6 Å². The van der Waals surface area contributed by atoms with Crippen molar-refractivity contribution in [3.05, 3.63) is 59.1 Å². The molecule has 5 heteroatoms. The van der Waals surface area contributed by atoms with E-state index in [9.17, 15) is 4.79 Å². The molecule has 2 aromatic carbocycles. The van der Waals surface area contributed by atoms with Gasteiger partial charge in [-0.15, -0.1) is 0 Å². The molecule has 3 rings (SSSR count). The molecule has 0 bridgehead atoms. The Labute approximate surface area is 154 Å². The van der Waals surface area contributed by atoms with E-state index in [1.165, 1.54) is 5.69 Å². The van der Waals surface area contributed by atoms with Crippen molar-refractivity contribution >= 4 is 28.9 Å². The van der Waals surface area contributed by atoms with Crippen LogP contribution in [0.2, 0.25) is 5.02 Å². The Morgan fingerprint density at radius 3 is 2.12 bits per heavy atom. The Balaban J connectivity index is 1.59. The van der Waals surface area contributed by atoms with E-state index in [1.54, 1.807) is 24.3 Å². The molecule has 0 aliphatic carbocycles. The summed E-state index contributed by atoms with van der Waals surface area (Å²) < 4.78 is 0. The number of benzene rings is 2. The van der Waals surface area contributed by atoms with Crippen LogP contribution in [0.4, 0.5) is 11.4 Å². The lowest BCUT2D eigenvalue weighted by molar-refractivity contribution is 0.102. The SMILES string of the molecule is CC(C)N1CCN(c2ccc(NC(=O)c3ccc(Cl)cc3)cc2)CC1. The van der Waals surface area contributed by atoms with E-state index in [1.807, 2.05) is 12.1 Å². The first-order chi connectivity index (χ1) is 12.0. The average Bonchev–Trinajstić information content (AvgIpc) is 2.63. The molecular formula is C20H24ClN3O. The number of hydrogen-bond donors (Lipinski definition) is 1. The molecule has 1 fully saturated rings. The Hall–Kier alpha value is -2.04. The summed E-state index contributed by atoms with van der Waals surface area (Å²) >= 11 is 5.85. The maximum atomic E-state index is 12.2. The monoisotopic (exact) mass is 357 g/mol. The average molecular weight is 358 g/mol. The first-order valence-electron chi connectivity index (χ1n) is 8.69. The van der Waals surface area contributed by atoms with E-state index in [0.717, 1.165) is 31.9 Å². The normalized spacial score (nSPS) is 15.4. The second-order valence-corrected chi connectivity index (χ2v) is 7.06. The molecular weight excluding hydrogens is 334 g/mol. The van der Waals surface area contributed by atoms with Gasteiger partial charge in [0.05, 0.1) is 0 Å². The van der Waals surface area contributed by atoms with E-state index < -0.39 is 0 Å². The quantitative estimate of drug-likeness (QED) is 0.893. The third-order valence-electron chi connectivity index (χ3n) is 4.64. The Morgan fingerprint density at radius 2 is 1.56 bits per heavy atom. The van der Waals surface area contributed by atoms with Gasteiger partial charge in [-0.2, -0.15) is 0 Å². The van der Waals surface area contributed by atoms with Crippen molar-refractivity contribution in [2.75, 3.05) is 36.4 Å². The topological polar surface area (TPSA) is 35.6 Å². The fraction of sp³-hybridized carbons (Fsp3) is 0.350. The van der Waals surface area contributed by atoms with Crippen LogP contribution in [0.25, 0.3) is 0 Å². The highest BCUT2D eigenvalue weighted by Crippen LogP contribution is 2.21. The van der Waals surface area contributed by atoms with Gasteiger partial charge in [-0.25, -0.2) is 0 Å². The van der Waals surface area contributed by atoms with Crippen LogP contribution in [0.15, 0.2) is 48.5 Å². The zero-order chi connectivity index (χ0) is 17.8. The second kappa shape index (κ2) is 7.89. The molecule has 2 aromatic rings. The molecule has 0 spiro atoms. The minimum Gasteiger partial charge on any atom is -0.369 e. The van der Waals surface area contributed by atoms with Crippen LogP contribution in [0.3, 0.4) is 0 Å². The maximum absolute atomic E-state index is 12.2. The molecule has 25 heavy (non-hydrogen) atoms. The molecule has 1 aliphatic heterocycles. The molecule has 132 valence electrons. The molecule has 1 heterocycles. The fourth-order valence-electron chi connectivity index (χ4n) is 3.06. The number of amides is 1. The summed E-state index contributed by atoms with van der Waals surface area (Å²) in [4.78, 5) is 17.1. The maximum Gasteiger partial charge on any atom is 0.255 e. The number of carbonyl (C=O) groups excluding carboxylic acids is 1. The van der Waals surface area contributed by atoms with E-state index in [4.69, 9.17) is 11.6 Å². The number of nitrogens with zero attached hydrogens (tertiary/aromatic N) is 2. The first-order valence-corrected chi connectivity index (χ1v) is 9.07. The Bertz CT molecular complexity index is 705. The van der Waals surface area contributed by atoms with Crippen molar-refractivity contribution in [3.63, 3.8) is 0 Å². The highest BCUT2D eigenvalue weighted by Gasteiger charge is 2.18. The molecule has 1 aliphatic rings.